The van der Waals surface area contributed by atoms with Crippen LogP contribution >= 0.6 is 0 Å². The van der Waals surface area contributed by atoms with Gasteiger partial charge in [0.2, 0.25) is 5.91 Å². The van der Waals surface area contributed by atoms with Gasteiger partial charge in [-0.3, -0.25) is 9.59 Å². The van der Waals surface area contributed by atoms with Gasteiger partial charge in [0.05, 0.1) is 5.69 Å². The number of aromatic nitrogens is 2. The Kier molecular flexibility index (Phi) is 6.56. The van der Waals surface area contributed by atoms with Crippen molar-refractivity contribution in [2.24, 2.45) is 0 Å². The number of rotatable bonds is 6. The monoisotopic (exact) mass is 473 g/mol. The molecule has 1 amide bonds. The maximum atomic E-state index is 13.1. The minimum atomic E-state index is -5.08. The van der Waals surface area contributed by atoms with E-state index in [0.29, 0.717) is 0 Å². The molecule has 0 aliphatic rings. The quantitative estimate of drug-likeness (QED) is 0.372. The van der Waals surface area contributed by atoms with Crippen molar-refractivity contribution >= 4 is 17.4 Å². The summed E-state index contributed by atoms with van der Waals surface area (Å²) in [5.41, 5.74) is -3.23. The normalized spacial score (nSPS) is 12.0. The molecule has 3 aromatic rings. The van der Waals surface area contributed by atoms with Gasteiger partial charge in [0.15, 0.2) is 11.5 Å². The molecule has 0 bridgehead atoms. The van der Waals surface area contributed by atoms with Crippen LogP contribution in [0.25, 0.3) is 5.69 Å². The first-order chi connectivity index (χ1) is 15.3. The second-order valence-corrected chi connectivity index (χ2v) is 6.85. The fourth-order valence-electron chi connectivity index (χ4n) is 2.84. The van der Waals surface area contributed by atoms with Gasteiger partial charge in [0, 0.05) is 30.2 Å². The summed E-state index contributed by atoms with van der Waals surface area (Å²) >= 11 is 0. The van der Waals surface area contributed by atoms with Crippen LogP contribution in [0.4, 0.5) is 36.4 Å². The number of anilines is 1. The summed E-state index contributed by atoms with van der Waals surface area (Å²) in [6, 6.07) is 9.17. The Morgan fingerprint density at radius 1 is 0.848 bits per heavy atom. The molecule has 0 unspecified atom stereocenters. The molecular weight excluding hydrogens is 459 g/mol. The van der Waals surface area contributed by atoms with Gasteiger partial charge in [-0.15, -0.1) is 0 Å². The molecule has 0 fully saturated rings. The number of nitrogens with one attached hydrogen (secondary N) is 1. The Hall–Kier alpha value is -3.70. The molecule has 0 spiro atoms. The van der Waals surface area contributed by atoms with E-state index in [1.807, 2.05) is 0 Å². The lowest BCUT2D eigenvalue weighted by atomic mass is 10.1. The number of halogens is 7. The van der Waals surface area contributed by atoms with Crippen LogP contribution in [0, 0.1) is 5.82 Å². The van der Waals surface area contributed by atoms with E-state index in [2.05, 4.69) is 10.4 Å². The number of hydrogen-bond donors (Lipinski definition) is 1. The molecule has 0 aliphatic carbocycles. The van der Waals surface area contributed by atoms with Crippen molar-refractivity contribution in [3.05, 3.63) is 77.4 Å². The fourth-order valence-corrected chi connectivity index (χ4v) is 2.84. The average molecular weight is 473 g/mol. The van der Waals surface area contributed by atoms with Gasteiger partial charge in [-0.05, 0) is 48.5 Å². The lowest BCUT2D eigenvalue weighted by molar-refractivity contribution is -0.143. The van der Waals surface area contributed by atoms with Gasteiger partial charge in [-0.1, -0.05) is 0 Å². The number of benzene rings is 2. The van der Waals surface area contributed by atoms with Crippen LogP contribution in [0.5, 0.6) is 0 Å². The molecule has 0 atom stereocenters. The molecule has 174 valence electrons. The number of alkyl halides is 6. The van der Waals surface area contributed by atoms with Gasteiger partial charge < -0.3 is 5.32 Å². The lowest BCUT2D eigenvalue weighted by Gasteiger charge is -2.11. The van der Waals surface area contributed by atoms with Crippen molar-refractivity contribution in [3.63, 3.8) is 0 Å². The van der Waals surface area contributed by atoms with Crippen LogP contribution in [0.15, 0.2) is 54.6 Å². The van der Waals surface area contributed by atoms with Gasteiger partial charge >= 0.3 is 12.4 Å². The van der Waals surface area contributed by atoms with Crippen LogP contribution in [0.3, 0.4) is 0 Å². The molecule has 1 heterocycles. The molecule has 1 aromatic heterocycles. The first-order valence-electron chi connectivity index (χ1n) is 9.28. The number of Topliss-reactive ketones (excluding diaryl/α,β-unsaturated/α-hetero) is 1. The van der Waals surface area contributed by atoms with E-state index in [0.717, 1.165) is 24.3 Å². The summed E-state index contributed by atoms with van der Waals surface area (Å²) in [4.78, 5) is 24.1. The number of nitrogens with zero attached hydrogens (tertiary/aromatic N) is 2. The predicted octanol–water partition coefficient (Wildman–Crippen LogP) is 5.65. The maximum Gasteiger partial charge on any atom is 0.435 e. The molecule has 0 saturated heterocycles. The molecule has 5 nitrogen and oxygen atoms in total. The first-order valence-corrected chi connectivity index (χ1v) is 9.28. The zero-order valence-corrected chi connectivity index (χ0v) is 16.5. The summed E-state index contributed by atoms with van der Waals surface area (Å²) in [5, 5.41) is 5.44. The Bertz CT molecular complexity index is 1150. The maximum absolute atomic E-state index is 13.1. The van der Waals surface area contributed by atoms with Crippen LogP contribution in [-0.4, -0.2) is 21.5 Å². The molecular formula is C21H14F7N3O2. The van der Waals surface area contributed by atoms with E-state index in [9.17, 15) is 40.3 Å². The minimum absolute atomic E-state index is 0.0895. The summed E-state index contributed by atoms with van der Waals surface area (Å²) in [6.45, 7) is 0. The van der Waals surface area contributed by atoms with Gasteiger partial charge in [-0.2, -0.15) is 31.4 Å². The molecule has 33 heavy (non-hydrogen) atoms. The van der Waals surface area contributed by atoms with E-state index in [-0.39, 0.29) is 46.3 Å². The lowest BCUT2D eigenvalue weighted by Crippen LogP contribution is -2.14. The third-order valence-electron chi connectivity index (χ3n) is 4.43. The molecule has 2 aromatic carbocycles. The largest absolute Gasteiger partial charge is 0.435 e. The van der Waals surface area contributed by atoms with Crippen molar-refractivity contribution in [3.8, 4) is 5.69 Å². The van der Waals surface area contributed by atoms with E-state index < -0.39 is 35.5 Å². The fraction of sp³-hybridized carbons (Fsp3) is 0.190. The predicted molar refractivity (Wildman–Crippen MR) is 102 cm³/mol. The third kappa shape index (κ3) is 5.96. The third-order valence-corrected chi connectivity index (χ3v) is 4.43. The number of ketones is 1. The van der Waals surface area contributed by atoms with Crippen LogP contribution in [0.2, 0.25) is 0 Å². The molecule has 3 rings (SSSR count). The number of carbonyl (C=O) groups is 2. The smallest absolute Gasteiger partial charge is 0.326 e. The summed E-state index contributed by atoms with van der Waals surface area (Å²) < 4.78 is 90.9. The first kappa shape index (κ1) is 24.0. The zero-order valence-electron chi connectivity index (χ0n) is 16.5. The highest BCUT2D eigenvalue weighted by atomic mass is 19.4. The van der Waals surface area contributed by atoms with Gasteiger partial charge in [0.25, 0.3) is 0 Å². The van der Waals surface area contributed by atoms with Crippen LogP contribution in [-0.2, 0) is 17.1 Å². The number of amides is 1. The van der Waals surface area contributed by atoms with Gasteiger partial charge in [0.1, 0.15) is 11.5 Å². The Morgan fingerprint density at radius 3 is 2.00 bits per heavy atom. The SMILES string of the molecule is O=C(CCC(=O)c1ccc(F)cc1)Nc1ccc(-n2nc(C(F)(F)F)cc2C(F)(F)F)cc1. The average Bonchev–Trinajstić information content (AvgIpc) is 3.20. The van der Waals surface area contributed by atoms with Crippen molar-refractivity contribution in [2.75, 3.05) is 5.32 Å². The second-order valence-electron chi connectivity index (χ2n) is 6.85. The van der Waals surface area contributed by atoms with Gasteiger partial charge in [-0.25, -0.2) is 9.07 Å². The Labute approximate surface area is 181 Å². The van der Waals surface area contributed by atoms with Crippen molar-refractivity contribution in [2.45, 2.75) is 25.2 Å². The van der Waals surface area contributed by atoms with Crippen LogP contribution in [0.1, 0.15) is 34.6 Å². The van der Waals surface area contributed by atoms with Crippen molar-refractivity contribution < 1.29 is 40.3 Å². The van der Waals surface area contributed by atoms with E-state index in [1.54, 1.807) is 0 Å². The highest BCUT2D eigenvalue weighted by Crippen LogP contribution is 2.36. The summed E-state index contributed by atoms with van der Waals surface area (Å²) in [6.07, 6.45) is -10.5. The summed E-state index contributed by atoms with van der Waals surface area (Å²) in [7, 11) is 0. The number of hydrogen-bond acceptors (Lipinski definition) is 3. The standard InChI is InChI=1S/C21H14F7N3O2/c22-13-3-1-12(2-4-13)16(32)9-10-19(33)29-14-5-7-15(8-6-14)31-18(21(26,27)28)11-17(30-31)20(23,24)25/h1-8,11H,9-10H2,(H,29,33). The molecule has 1 N–H and O–H groups in total. The molecule has 0 saturated carbocycles. The molecule has 0 aliphatic heterocycles. The Morgan fingerprint density at radius 2 is 1.45 bits per heavy atom. The summed E-state index contributed by atoms with van der Waals surface area (Å²) in [5.74, 6) is -1.48. The second kappa shape index (κ2) is 9.04. The topological polar surface area (TPSA) is 64.0 Å². The minimum Gasteiger partial charge on any atom is -0.326 e. The Balaban J connectivity index is 1.68. The number of carbonyl (C=O) groups excluding carboxylic acids is 2. The van der Waals surface area contributed by atoms with Crippen molar-refractivity contribution in [1.29, 1.82) is 0 Å². The molecule has 12 heteroatoms. The highest BCUT2D eigenvalue weighted by Gasteiger charge is 2.42. The van der Waals surface area contributed by atoms with E-state index >= 15 is 0 Å². The van der Waals surface area contributed by atoms with E-state index in [4.69, 9.17) is 0 Å². The van der Waals surface area contributed by atoms with Crippen LogP contribution < -0.4 is 5.32 Å². The highest BCUT2D eigenvalue weighted by molar-refractivity contribution is 6.00. The van der Waals surface area contributed by atoms with Crippen molar-refractivity contribution in [1.82, 2.24) is 9.78 Å². The van der Waals surface area contributed by atoms with E-state index in [1.165, 1.54) is 24.3 Å². The zero-order chi connectivity index (χ0) is 24.4. The molecule has 0 radical (unpaired) electrons.